The van der Waals surface area contributed by atoms with Gasteiger partial charge in [-0.2, -0.15) is 0 Å². The highest BCUT2D eigenvalue weighted by molar-refractivity contribution is 5.99. The second kappa shape index (κ2) is 24.0. The summed E-state index contributed by atoms with van der Waals surface area (Å²) in [6.45, 7) is 8.99. The third-order valence-electron chi connectivity index (χ3n) is 15.4. The number of likely N-dealkylation sites (tertiary alicyclic amines) is 2. The molecule has 0 spiro atoms. The summed E-state index contributed by atoms with van der Waals surface area (Å²) in [4.78, 5) is 85.9. The maximum atomic E-state index is 16.6. The second-order valence-corrected chi connectivity index (χ2v) is 20.8. The molecule has 8 rings (SSSR count). The van der Waals surface area contributed by atoms with Crippen LogP contribution in [0.3, 0.4) is 0 Å². The van der Waals surface area contributed by atoms with Crippen LogP contribution in [-0.2, 0) is 28.7 Å². The zero-order chi connectivity index (χ0) is 53.5. The molecule has 0 aliphatic carbocycles. The molecule has 6 amide bonds. The zero-order valence-corrected chi connectivity index (χ0v) is 43.7. The molecule has 0 bridgehead atoms. The standard InChI is InChI=1S/C57H70F2N8O8/c1-34(2)49(62-56(72)74-5)54(70)65-28-10-14-47(65)52(68)60-40-20-16-38(17-21-40)45-24-25-46(67(45)42-32-43(58)51(44(59)33-42)64-30-26-37(27-31-64)36-12-8-7-9-13-36)39-18-22-41(23-19-39)61-53(69)48-15-11-29-66(48)55(71)50(35(3)4)63-57(73)75-6/h7-9,12-13,16-23,32-35,37,45-50H,10-11,14-15,24-31H2,1-6H3,(H,60,68)(H,61,69)(H,62,72)(H,63,73)/t45-,46?,47-,48-,49?,50-/m0/s1. The number of methoxy groups -OCH3 is 2. The van der Waals surface area contributed by atoms with Crippen molar-refractivity contribution in [2.75, 3.05) is 60.8 Å². The first-order chi connectivity index (χ1) is 36.1. The van der Waals surface area contributed by atoms with E-state index in [1.54, 1.807) is 29.2 Å². The van der Waals surface area contributed by atoms with E-state index in [1.165, 1.54) is 41.7 Å². The molecule has 6 atom stereocenters. The lowest BCUT2D eigenvalue weighted by Crippen LogP contribution is -2.54. The van der Waals surface area contributed by atoms with Crippen LogP contribution in [0.15, 0.2) is 91.0 Å². The first-order valence-corrected chi connectivity index (χ1v) is 26.3. The third kappa shape index (κ3) is 12.2. The minimum Gasteiger partial charge on any atom is -0.453 e. The van der Waals surface area contributed by atoms with Gasteiger partial charge >= 0.3 is 12.2 Å². The molecule has 4 saturated heterocycles. The molecule has 4 aromatic carbocycles. The average molecular weight is 1030 g/mol. The minimum absolute atomic E-state index is 0.0401. The highest BCUT2D eigenvalue weighted by atomic mass is 19.1. The molecule has 16 nitrogen and oxygen atoms in total. The number of amides is 6. The highest BCUT2D eigenvalue weighted by Gasteiger charge is 2.42. The van der Waals surface area contributed by atoms with E-state index in [-0.39, 0.29) is 53.2 Å². The maximum Gasteiger partial charge on any atom is 0.407 e. The van der Waals surface area contributed by atoms with Gasteiger partial charge in [-0.25, -0.2) is 18.4 Å². The van der Waals surface area contributed by atoms with Gasteiger partial charge in [-0.3, -0.25) is 19.2 Å². The summed E-state index contributed by atoms with van der Waals surface area (Å²) >= 11 is 0. The number of ether oxygens (including phenoxy) is 2. The van der Waals surface area contributed by atoms with E-state index in [4.69, 9.17) is 9.47 Å². The average Bonchev–Trinajstić information content (AvgIpc) is 4.22. The van der Waals surface area contributed by atoms with Crippen molar-refractivity contribution in [1.82, 2.24) is 20.4 Å². The molecule has 4 fully saturated rings. The molecule has 4 aromatic rings. The van der Waals surface area contributed by atoms with E-state index < -0.39 is 48.0 Å². The third-order valence-corrected chi connectivity index (χ3v) is 15.4. The summed E-state index contributed by atoms with van der Waals surface area (Å²) in [5.74, 6) is -2.91. The van der Waals surface area contributed by atoms with Crippen molar-refractivity contribution < 1.29 is 47.0 Å². The van der Waals surface area contributed by atoms with Gasteiger partial charge in [0.1, 0.15) is 29.9 Å². The van der Waals surface area contributed by atoms with Gasteiger partial charge in [-0.05, 0) is 122 Å². The number of hydrogen-bond acceptors (Lipinski definition) is 10. The van der Waals surface area contributed by atoms with Gasteiger partial charge in [0.15, 0.2) is 11.6 Å². The van der Waals surface area contributed by atoms with E-state index in [2.05, 4.69) is 33.4 Å². The Hall–Kier alpha value is -7.24. The summed E-state index contributed by atoms with van der Waals surface area (Å²) in [7, 11) is 2.45. The summed E-state index contributed by atoms with van der Waals surface area (Å²) in [5.41, 5.74) is 4.29. The molecule has 4 heterocycles. The fourth-order valence-electron chi connectivity index (χ4n) is 11.4. The van der Waals surface area contributed by atoms with Crippen molar-refractivity contribution in [3.05, 3.63) is 119 Å². The lowest BCUT2D eigenvalue weighted by molar-refractivity contribution is -0.139. The second-order valence-electron chi connectivity index (χ2n) is 20.8. The van der Waals surface area contributed by atoms with Crippen molar-refractivity contribution in [2.24, 2.45) is 11.8 Å². The summed E-state index contributed by atoms with van der Waals surface area (Å²) in [6, 6.07) is 23.9. The van der Waals surface area contributed by atoms with Gasteiger partial charge < -0.3 is 50.3 Å². The monoisotopic (exact) mass is 1030 g/mol. The number of piperidine rings is 1. The number of nitrogens with one attached hydrogen (secondary N) is 4. The van der Waals surface area contributed by atoms with E-state index in [0.29, 0.717) is 87.7 Å². The Bertz CT molecular complexity index is 2540. The lowest BCUT2D eigenvalue weighted by Gasteiger charge is -2.36. The van der Waals surface area contributed by atoms with Crippen LogP contribution >= 0.6 is 0 Å². The number of carbonyl (C=O) groups is 6. The summed E-state index contributed by atoms with van der Waals surface area (Å²) in [6.07, 6.45) is 3.47. The topological polar surface area (TPSA) is 182 Å². The smallest absolute Gasteiger partial charge is 0.407 e. The molecule has 0 aromatic heterocycles. The van der Waals surface area contributed by atoms with Crippen molar-refractivity contribution in [2.45, 2.75) is 121 Å². The molecule has 4 aliphatic rings. The molecule has 4 N–H and O–H groups in total. The van der Waals surface area contributed by atoms with Crippen LogP contribution < -0.4 is 31.1 Å². The van der Waals surface area contributed by atoms with Gasteiger partial charge in [0.2, 0.25) is 23.6 Å². The minimum atomic E-state index is -0.868. The van der Waals surface area contributed by atoms with Gasteiger partial charge in [0, 0.05) is 43.2 Å². The van der Waals surface area contributed by atoms with Gasteiger partial charge in [0.05, 0.1) is 26.3 Å². The summed E-state index contributed by atoms with van der Waals surface area (Å²) in [5, 5.41) is 11.2. The number of alkyl carbamates (subject to hydrolysis) is 2. The van der Waals surface area contributed by atoms with Crippen molar-refractivity contribution in [3.63, 3.8) is 0 Å². The van der Waals surface area contributed by atoms with E-state index >= 15 is 8.78 Å². The van der Waals surface area contributed by atoms with Gasteiger partial charge in [0.25, 0.3) is 0 Å². The van der Waals surface area contributed by atoms with Crippen LogP contribution in [-0.4, -0.2) is 110 Å². The molecular weight excluding hydrogens is 963 g/mol. The number of anilines is 4. The SMILES string of the molecule is COC(=O)NC(C(=O)N1CCC[C@H]1C(=O)Nc1ccc([C@@H]2CCC(c3ccc(NC(=O)[C@@H]4CCCN4C(=O)[C@@H](NC(=O)OC)C(C)C)cc3)N2c2cc(F)c(N3CCC(c4ccccc4)CC3)c(F)c2)cc1)C(C)C. The normalized spacial score (nSPS) is 20.7. The Morgan fingerprint density at radius 2 is 0.973 bits per heavy atom. The number of rotatable bonds is 15. The Labute approximate surface area is 437 Å². The Morgan fingerprint density at radius 1 is 0.547 bits per heavy atom. The van der Waals surface area contributed by atoms with Crippen LogP contribution in [0.1, 0.15) is 114 Å². The van der Waals surface area contributed by atoms with E-state index in [9.17, 15) is 28.8 Å². The highest BCUT2D eigenvalue weighted by Crippen LogP contribution is 2.48. The van der Waals surface area contributed by atoms with Crippen molar-refractivity contribution in [3.8, 4) is 0 Å². The fourth-order valence-corrected chi connectivity index (χ4v) is 11.4. The quantitative estimate of drug-likeness (QED) is 0.0897. The Morgan fingerprint density at radius 3 is 1.37 bits per heavy atom. The fraction of sp³-hybridized carbons (Fsp3) is 0.474. The predicted molar refractivity (Wildman–Crippen MR) is 282 cm³/mol. The summed E-state index contributed by atoms with van der Waals surface area (Å²) < 4.78 is 42.7. The molecule has 2 unspecified atom stereocenters. The van der Waals surface area contributed by atoms with Crippen molar-refractivity contribution >= 4 is 58.6 Å². The van der Waals surface area contributed by atoms with Crippen LogP contribution in [0, 0.1) is 23.5 Å². The number of carbonyl (C=O) groups excluding carboxylic acids is 6. The van der Waals surface area contributed by atoms with Crippen LogP contribution in [0.5, 0.6) is 0 Å². The molecule has 75 heavy (non-hydrogen) atoms. The van der Waals surface area contributed by atoms with Gasteiger partial charge in [-0.15, -0.1) is 0 Å². The van der Waals surface area contributed by atoms with Crippen LogP contribution in [0.4, 0.5) is 41.1 Å². The predicted octanol–water partition coefficient (Wildman–Crippen LogP) is 9.05. The molecular formula is C57H70F2N8O8. The molecule has 4 aliphatic heterocycles. The number of halogens is 2. The molecule has 0 radical (unpaired) electrons. The molecule has 18 heteroatoms. The van der Waals surface area contributed by atoms with Crippen molar-refractivity contribution in [1.29, 1.82) is 0 Å². The number of hydrogen-bond donors (Lipinski definition) is 4. The lowest BCUT2D eigenvalue weighted by atomic mass is 9.89. The van der Waals surface area contributed by atoms with E-state index in [1.807, 2.05) is 75.1 Å². The molecule has 400 valence electrons. The first kappa shape index (κ1) is 54.0. The largest absolute Gasteiger partial charge is 0.453 e. The van der Waals surface area contributed by atoms with E-state index in [0.717, 1.165) is 24.0 Å². The number of benzene rings is 4. The Balaban J connectivity index is 1.01. The maximum absolute atomic E-state index is 16.6. The zero-order valence-electron chi connectivity index (χ0n) is 43.7. The molecule has 0 saturated carbocycles. The van der Waals surface area contributed by atoms with Gasteiger partial charge in [-0.1, -0.05) is 82.3 Å². The van der Waals surface area contributed by atoms with Crippen LogP contribution in [0.25, 0.3) is 0 Å². The Kier molecular flexibility index (Phi) is 17.3. The number of nitrogens with zero attached hydrogens (tertiary/aromatic N) is 4. The van der Waals surface area contributed by atoms with Crippen LogP contribution in [0.2, 0.25) is 0 Å². The first-order valence-electron chi connectivity index (χ1n) is 26.3.